The van der Waals surface area contributed by atoms with Gasteiger partial charge in [-0.1, -0.05) is 271 Å². The van der Waals surface area contributed by atoms with Crippen molar-refractivity contribution >= 4 is 36.5 Å². The zero-order valence-electron chi connectivity index (χ0n) is 47.2. The Morgan fingerprint density at radius 2 is 0.575 bits per heavy atom. The minimum atomic E-state index is -0.642. The normalized spacial score (nSPS) is 11.2. The SMILES string of the molecule is CCCCCCCCCCCCOC(=O)c1ccc(-c2ccc(C(=O)OCCCCCCCCCCCC)c(C(=O)OCCCCCCCCCCCC)c2S)cc1C(=O)OCCCCCCCCCCCC. The van der Waals surface area contributed by atoms with Crippen LogP contribution in [0.3, 0.4) is 0 Å². The summed E-state index contributed by atoms with van der Waals surface area (Å²) < 4.78 is 23.2. The molecule has 2 aromatic carbocycles. The van der Waals surface area contributed by atoms with E-state index in [0.717, 1.165) is 77.0 Å². The molecule has 0 radical (unpaired) electrons. The third-order valence-electron chi connectivity index (χ3n) is 14.3. The van der Waals surface area contributed by atoms with Gasteiger partial charge in [-0.05, 0) is 55.0 Å². The lowest BCUT2D eigenvalue weighted by Gasteiger charge is -2.17. The van der Waals surface area contributed by atoms with Crippen LogP contribution in [-0.2, 0) is 18.9 Å². The summed E-state index contributed by atoms with van der Waals surface area (Å²) in [6.45, 7) is 9.95. The van der Waals surface area contributed by atoms with Gasteiger partial charge in [-0.25, -0.2) is 19.2 Å². The summed E-state index contributed by atoms with van der Waals surface area (Å²) in [4.78, 5) is 55.6. The van der Waals surface area contributed by atoms with Crippen molar-refractivity contribution in [2.45, 2.75) is 289 Å². The number of hydrogen-bond acceptors (Lipinski definition) is 9. The maximum Gasteiger partial charge on any atom is 0.340 e. The maximum atomic E-state index is 14.0. The Bertz CT molecular complexity index is 1720. The number of hydrogen-bond donors (Lipinski definition) is 1. The molecule has 9 heteroatoms. The molecular weight excluding hydrogens is 929 g/mol. The average Bonchev–Trinajstić information content (AvgIpc) is 3.39. The number of unbranched alkanes of at least 4 members (excludes halogenated alkanes) is 36. The van der Waals surface area contributed by atoms with Crippen molar-refractivity contribution in [1.29, 1.82) is 0 Å². The smallest absolute Gasteiger partial charge is 0.340 e. The number of carbonyl (C=O) groups is 4. The van der Waals surface area contributed by atoms with E-state index in [1.165, 1.54) is 180 Å². The Morgan fingerprint density at radius 3 is 0.904 bits per heavy atom. The van der Waals surface area contributed by atoms with Crippen LogP contribution in [0, 0.1) is 0 Å². The first kappa shape index (κ1) is 65.8. The van der Waals surface area contributed by atoms with Gasteiger partial charge in [0.1, 0.15) is 0 Å². The quantitative estimate of drug-likeness (QED) is 0.0302. The molecule has 0 fully saturated rings. The molecule has 2 aromatic rings. The first-order chi connectivity index (χ1) is 35.8. The molecule has 73 heavy (non-hydrogen) atoms. The molecule has 0 amide bonds. The number of ether oxygens (including phenoxy) is 4. The number of thiol groups is 1. The van der Waals surface area contributed by atoms with Gasteiger partial charge in [0.15, 0.2) is 0 Å². The van der Waals surface area contributed by atoms with Crippen LogP contribution in [0.2, 0.25) is 0 Å². The molecule has 0 aliphatic rings. The van der Waals surface area contributed by atoms with Crippen LogP contribution in [0.5, 0.6) is 0 Å². The van der Waals surface area contributed by atoms with Crippen molar-refractivity contribution in [2.75, 3.05) is 26.4 Å². The Morgan fingerprint density at radius 1 is 0.315 bits per heavy atom. The van der Waals surface area contributed by atoms with E-state index >= 15 is 0 Å². The second kappa shape index (κ2) is 46.0. The van der Waals surface area contributed by atoms with Crippen molar-refractivity contribution in [3.8, 4) is 11.1 Å². The maximum absolute atomic E-state index is 14.0. The summed E-state index contributed by atoms with van der Waals surface area (Å²) >= 11 is 4.91. The lowest BCUT2D eigenvalue weighted by Crippen LogP contribution is -2.17. The summed E-state index contributed by atoms with van der Waals surface area (Å²) in [6.07, 6.45) is 46.6. The topological polar surface area (TPSA) is 105 Å². The van der Waals surface area contributed by atoms with Crippen LogP contribution < -0.4 is 0 Å². The van der Waals surface area contributed by atoms with E-state index < -0.39 is 23.9 Å². The molecule has 0 aromatic heterocycles. The van der Waals surface area contributed by atoms with Gasteiger partial charge in [0.25, 0.3) is 0 Å². The fourth-order valence-corrected chi connectivity index (χ4v) is 10.00. The molecule has 416 valence electrons. The lowest BCUT2D eigenvalue weighted by atomic mass is 9.95. The molecule has 0 aliphatic heterocycles. The third kappa shape index (κ3) is 31.4. The van der Waals surface area contributed by atoms with Gasteiger partial charge in [0.2, 0.25) is 0 Å². The molecule has 0 spiro atoms. The summed E-state index contributed by atoms with van der Waals surface area (Å²) in [5.74, 6) is -2.42. The molecule has 2 rings (SSSR count). The molecule has 0 heterocycles. The van der Waals surface area contributed by atoms with E-state index in [1.54, 1.807) is 30.3 Å². The summed E-state index contributed by atoms with van der Waals surface area (Å²) in [5, 5.41) is 0. The molecular formula is C64H106O8S. The van der Waals surface area contributed by atoms with Crippen LogP contribution in [0.25, 0.3) is 11.1 Å². The van der Waals surface area contributed by atoms with Crippen LogP contribution >= 0.6 is 12.6 Å². The first-order valence-corrected chi connectivity index (χ1v) is 30.9. The van der Waals surface area contributed by atoms with Crippen molar-refractivity contribution in [1.82, 2.24) is 0 Å². The summed E-state index contributed by atoms with van der Waals surface area (Å²) in [7, 11) is 0. The van der Waals surface area contributed by atoms with Crippen LogP contribution in [0.15, 0.2) is 35.2 Å². The Balaban J connectivity index is 2.25. The Kier molecular flexibility index (Phi) is 41.5. The predicted molar refractivity (Wildman–Crippen MR) is 308 cm³/mol. The third-order valence-corrected chi connectivity index (χ3v) is 14.8. The van der Waals surface area contributed by atoms with Gasteiger partial charge in [-0.2, -0.15) is 0 Å². The van der Waals surface area contributed by atoms with Gasteiger partial charge in [-0.3, -0.25) is 0 Å². The fraction of sp³-hybridized carbons (Fsp3) is 0.750. The number of esters is 4. The van der Waals surface area contributed by atoms with E-state index in [-0.39, 0.29) is 53.6 Å². The molecule has 0 saturated carbocycles. The van der Waals surface area contributed by atoms with Gasteiger partial charge in [-0.15, -0.1) is 12.6 Å². The largest absolute Gasteiger partial charge is 0.462 e. The van der Waals surface area contributed by atoms with Crippen LogP contribution in [-0.4, -0.2) is 50.3 Å². The van der Waals surface area contributed by atoms with E-state index in [2.05, 4.69) is 27.7 Å². The van der Waals surface area contributed by atoms with Crippen molar-refractivity contribution in [3.63, 3.8) is 0 Å². The second-order valence-electron chi connectivity index (χ2n) is 20.9. The van der Waals surface area contributed by atoms with Crippen molar-refractivity contribution in [2.24, 2.45) is 0 Å². The fourth-order valence-electron chi connectivity index (χ4n) is 9.58. The average molecular weight is 1040 g/mol. The van der Waals surface area contributed by atoms with Gasteiger partial charge >= 0.3 is 23.9 Å². The van der Waals surface area contributed by atoms with E-state index in [1.807, 2.05) is 0 Å². The van der Waals surface area contributed by atoms with Crippen LogP contribution in [0.4, 0.5) is 0 Å². The minimum absolute atomic E-state index is 0.0334. The number of benzene rings is 2. The van der Waals surface area contributed by atoms with Crippen molar-refractivity contribution in [3.05, 3.63) is 52.6 Å². The summed E-state index contributed by atoms with van der Waals surface area (Å²) in [6, 6.07) is 8.25. The number of rotatable bonds is 49. The van der Waals surface area contributed by atoms with E-state index in [9.17, 15) is 19.2 Å². The van der Waals surface area contributed by atoms with Gasteiger partial charge < -0.3 is 18.9 Å². The van der Waals surface area contributed by atoms with E-state index in [4.69, 9.17) is 31.6 Å². The lowest BCUT2D eigenvalue weighted by molar-refractivity contribution is 0.0447. The van der Waals surface area contributed by atoms with Gasteiger partial charge in [0.05, 0.1) is 48.7 Å². The molecule has 0 bridgehead atoms. The monoisotopic (exact) mass is 1030 g/mol. The zero-order chi connectivity index (χ0) is 52.8. The van der Waals surface area contributed by atoms with Crippen molar-refractivity contribution < 1.29 is 38.1 Å². The second-order valence-corrected chi connectivity index (χ2v) is 21.4. The molecule has 8 nitrogen and oxygen atoms in total. The molecule has 0 N–H and O–H groups in total. The highest BCUT2D eigenvalue weighted by molar-refractivity contribution is 7.80. The first-order valence-electron chi connectivity index (χ1n) is 30.5. The van der Waals surface area contributed by atoms with E-state index in [0.29, 0.717) is 11.1 Å². The molecule has 0 saturated heterocycles. The summed E-state index contributed by atoms with van der Waals surface area (Å²) in [5.41, 5.74) is 1.40. The molecule has 0 aliphatic carbocycles. The Labute approximate surface area is 452 Å². The number of carbonyl (C=O) groups excluding carboxylic acids is 4. The standard InChI is InChI=1S/C64H106O8S/c1-5-9-13-17-21-25-29-33-37-41-49-69-61(65)56-46-45-54(53-58(56)63(67)71-51-43-39-35-31-27-23-19-15-11-7-3)55-47-48-57(62(66)70-50-42-38-34-30-26-22-18-14-10-6-2)59(60(55)73)64(68)72-52-44-40-36-32-28-24-20-16-12-8-4/h45-48,53,73H,5-44,49-52H2,1-4H3. The molecule has 0 unspecified atom stereocenters. The predicted octanol–water partition coefficient (Wildman–Crippen LogP) is 20.0. The Hall–Kier alpha value is -3.33. The molecule has 0 atom stereocenters. The van der Waals surface area contributed by atoms with Gasteiger partial charge in [0, 0.05) is 4.90 Å². The highest BCUT2D eigenvalue weighted by atomic mass is 32.1. The zero-order valence-corrected chi connectivity index (χ0v) is 48.1. The highest BCUT2D eigenvalue weighted by Gasteiger charge is 2.27. The minimum Gasteiger partial charge on any atom is -0.462 e. The van der Waals surface area contributed by atoms with Crippen LogP contribution in [0.1, 0.15) is 326 Å². The highest BCUT2D eigenvalue weighted by Crippen LogP contribution is 2.34.